The van der Waals surface area contributed by atoms with Gasteiger partial charge < -0.3 is 11.1 Å². The number of anilines is 2. The van der Waals surface area contributed by atoms with Crippen LogP contribution in [-0.4, -0.2) is 5.91 Å². The molecular weight excluding hydrogens is 239 g/mol. The smallest absolute Gasteiger partial charge is 0.229 e. The fourth-order valence-electron chi connectivity index (χ4n) is 1.43. The Morgan fingerprint density at radius 1 is 1.35 bits per heavy atom. The molecule has 0 fully saturated rings. The van der Waals surface area contributed by atoms with Crippen molar-refractivity contribution in [1.82, 2.24) is 0 Å². The van der Waals surface area contributed by atoms with Gasteiger partial charge in [-0.1, -0.05) is 12.1 Å². The summed E-state index contributed by atoms with van der Waals surface area (Å²) in [4.78, 5) is 12.6. The number of nitrogens with two attached hydrogens (primary N) is 1. The summed E-state index contributed by atoms with van der Waals surface area (Å²) in [7, 11) is 0. The van der Waals surface area contributed by atoms with Crippen molar-refractivity contribution in [3.63, 3.8) is 0 Å². The maximum atomic E-state index is 13.4. The van der Waals surface area contributed by atoms with Crippen LogP contribution in [0.5, 0.6) is 0 Å². The summed E-state index contributed by atoms with van der Waals surface area (Å²) in [5.41, 5.74) is 5.87. The molecule has 2 aromatic rings. The number of hydrogen-bond acceptors (Lipinski definition) is 3. The van der Waals surface area contributed by atoms with Crippen molar-refractivity contribution in [2.24, 2.45) is 0 Å². The molecule has 0 atom stereocenters. The van der Waals surface area contributed by atoms with Gasteiger partial charge in [0, 0.05) is 4.88 Å². The lowest BCUT2D eigenvalue weighted by molar-refractivity contribution is -0.115. The quantitative estimate of drug-likeness (QED) is 0.823. The van der Waals surface area contributed by atoms with Crippen molar-refractivity contribution in [2.75, 3.05) is 11.1 Å². The molecule has 0 aliphatic carbocycles. The Morgan fingerprint density at radius 2 is 2.18 bits per heavy atom. The number of carbonyl (C=O) groups excluding carboxylic acids is 1. The van der Waals surface area contributed by atoms with Crippen LogP contribution in [0.15, 0.2) is 35.7 Å². The number of halogens is 1. The summed E-state index contributed by atoms with van der Waals surface area (Å²) in [6.07, 6.45) is 0.228. The molecule has 1 amide bonds. The van der Waals surface area contributed by atoms with Gasteiger partial charge in [0.25, 0.3) is 0 Å². The third-order valence-electron chi connectivity index (χ3n) is 2.23. The van der Waals surface area contributed by atoms with Crippen LogP contribution >= 0.6 is 11.3 Å². The maximum absolute atomic E-state index is 13.4. The molecule has 1 aromatic heterocycles. The van der Waals surface area contributed by atoms with E-state index in [0.29, 0.717) is 0 Å². The third-order valence-corrected chi connectivity index (χ3v) is 3.10. The highest BCUT2D eigenvalue weighted by molar-refractivity contribution is 7.10. The average Bonchev–Trinajstić information content (AvgIpc) is 2.76. The Hall–Kier alpha value is -1.88. The number of para-hydroxylation sites is 1. The zero-order chi connectivity index (χ0) is 12.3. The van der Waals surface area contributed by atoms with Crippen LogP contribution in [0.4, 0.5) is 15.8 Å². The summed E-state index contributed by atoms with van der Waals surface area (Å²) in [6.45, 7) is 0. The maximum Gasteiger partial charge on any atom is 0.229 e. The third kappa shape index (κ3) is 2.82. The van der Waals surface area contributed by atoms with Gasteiger partial charge in [0.05, 0.1) is 12.1 Å². The van der Waals surface area contributed by atoms with E-state index in [0.717, 1.165) is 4.88 Å². The van der Waals surface area contributed by atoms with Crippen molar-refractivity contribution in [3.05, 3.63) is 46.4 Å². The Balaban J connectivity index is 2.08. The van der Waals surface area contributed by atoms with Crippen LogP contribution in [-0.2, 0) is 11.2 Å². The highest BCUT2D eigenvalue weighted by Crippen LogP contribution is 2.22. The van der Waals surface area contributed by atoms with Crippen molar-refractivity contribution < 1.29 is 9.18 Å². The molecular formula is C12H11FN2OS. The van der Waals surface area contributed by atoms with E-state index < -0.39 is 5.82 Å². The van der Waals surface area contributed by atoms with Gasteiger partial charge in [0.15, 0.2) is 0 Å². The van der Waals surface area contributed by atoms with Crippen LogP contribution < -0.4 is 11.1 Å². The van der Waals surface area contributed by atoms with E-state index in [1.54, 1.807) is 6.07 Å². The highest BCUT2D eigenvalue weighted by atomic mass is 32.1. The minimum Gasteiger partial charge on any atom is -0.397 e. The number of nitrogens with one attached hydrogen (secondary N) is 1. The monoisotopic (exact) mass is 250 g/mol. The standard InChI is InChI=1S/C12H11FN2OS/c13-9-4-1-5-10(14)12(9)15-11(16)7-8-3-2-6-17-8/h1-6H,7,14H2,(H,15,16). The molecule has 0 aliphatic heterocycles. The molecule has 0 aliphatic rings. The van der Waals surface area contributed by atoms with Gasteiger partial charge in [-0.3, -0.25) is 4.79 Å². The average molecular weight is 250 g/mol. The first-order valence-electron chi connectivity index (χ1n) is 5.03. The lowest BCUT2D eigenvalue weighted by Crippen LogP contribution is -2.16. The van der Waals surface area contributed by atoms with Gasteiger partial charge in [-0.15, -0.1) is 11.3 Å². The molecule has 0 bridgehead atoms. The minimum atomic E-state index is -0.524. The Morgan fingerprint density at radius 3 is 2.82 bits per heavy atom. The molecule has 3 nitrogen and oxygen atoms in total. The van der Waals surface area contributed by atoms with Crippen molar-refractivity contribution in [3.8, 4) is 0 Å². The van der Waals surface area contributed by atoms with Crippen molar-refractivity contribution in [1.29, 1.82) is 0 Å². The van der Waals surface area contributed by atoms with Crippen LogP contribution in [0, 0.1) is 5.82 Å². The number of nitrogen functional groups attached to an aromatic ring is 1. The molecule has 1 heterocycles. The van der Waals surface area contributed by atoms with E-state index in [2.05, 4.69) is 5.32 Å². The summed E-state index contributed by atoms with van der Waals surface area (Å²) in [6, 6.07) is 8.03. The molecule has 0 saturated heterocycles. The van der Waals surface area contributed by atoms with E-state index in [1.165, 1.54) is 23.5 Å². The number of hydrogen-bond donors (Lipinski definition) is 2. The van der Waals surface area contributed by atoms with Gasteiger partial charge in [-0.05, 0) is 23.6 Å². The molecule has 0 radical (unpaired) electrons. The lowest BCUT2D eigenvalue weighted by Gasteiger charge is -2.08. The van der Waals surface area contributed by atoms with E-state index in [9.17, 15) is 9.18 Å². The van der Waals surface area contributed by atoms with Crippen LogP contribution in [0.1, 0.15) is 4.88 Å². The van der Waals surface area contributed by atoms with Gasteiger partial charge >= 0.3 is 0 Å². The number of thiophene rings is 1. The van der Waals surface area contributed by atoms with Crippen LogP contribution in [0.25, 0.3) is 0 Å². The van der Waals surface area contributed by atoms with Gasteiger partial charge in [-0.2, -0.15) is 0 Å². The second kappa shape index (κ2) is 4.97. The highest BCUT2D eigenvalue weighted by Gasteiger charge is 2.10. The van der Waals surface area contributed by atoms with Gasteiger partial charge in [-0.25, -0.2) is 4.39 Å². The Labute approximate surface area is 102 Å². The molecule has 2 rings (SSSR count). The fourth-order valence-corrected chi connectivity index (χ4v) is 2.13. The van der Waals surface area contributed by atoms with Gasteiger partial charge in [0.2, 0.25) is 5.91 Å². The number of rotatable bonds is 3. The summed E-state index contributed by atoms with van der Waals surface area (Å²) < 4.78 is 13.4. The van der Waals surface area contributed by atoms with Gasteiger partial charge in [0.1, 0.15) is 11.5 Å². The summed E-state index contributed by atoms with van der Waals surface area (Å²) in [5, 5.41) is 4.37. The second-order valence-corrected chi connectivity index (χ2v) is 4.54. The Bertz CT molecular complexity index is 505. The molecule has 0 spiro atoms. The normalized spacial score (nSPS) is 10.2. The predicted molar refractivity (Wildman–Crippen MR) is 67.5 cm³/mol. The first-order chi connectivity index (χ1) is 8.16. The largest absolute Gasteiger partial charge is 0.397 e. The summed E-state index contributed by atoms with van der Waals surface area (Å²) in [5.74, 6) is -0.797. The molecule has 0 unspecified atom stereocenters. The lowest BCUT2D eigenvalue weighted by atomic mass is 10.2. The molecule has 17 heavy (non-hydrogen) atoms. The number of benzene rings is 1. The van der Waals surface area contributed by atoms with Crippen molar-refractivity contribution in [2.45, 2.75) is 6.42 Å². The van der Waals surface area contributed by atoms with E-state index in [4.69, 9.17) is 5.73 Å². The first-order valence-corrected chi connectivity index (χ1v) is 5.91. The molecule has 5 heteroatoms. The van der Waals surface area contributed by atoms with Crippen LogP contribution in [0.3, 0.4) is 0 Å². The zero-order valence-corrected chi connectivity index (χ0v) is 9.76. The molecule has 0 saturated carbocycles. The van der Waals surface area contributed by atoms with E-state index >= 15 is 0 Å². The van der Waals surface area contributed by atoms with Crippen LogP contribution in [0.2, 0.25) is 0 Å². The fraction of sp³-hybridized carbons (Fsp3) is 0.0833. The molecule has 88 valence electrons. The van der Waals surface area contributed by atoms with E-state index in [1.807, 2.05) is 17.5 Å². The number of carbonyl (C=O) groups is 1. The Kier molecular flexibility index (Phi) is 3.39. The SMILES string of the molecule is Nc1cccc(F)c1NC(=O)Cc1cccs1. The second-order valence-electron chi connectivity index (χ2n) is 3.51. The number of amides is 1. The zero-order valence-electron chi connectivity index (χ0n) is 8.94. The van der Waals surface area contributed by atoms with E-state index in [-0.39, 0.29) is 23.7 Å². The van der Waals surface area contributed by atoms with Crippen molar-refractivity contribution >= 4 is 28.6 Å². The minimum absolute atomic E-state index is 0.0501. The predicted octanol–water partition coefficient (Wildman–Crippen LogP) is 2.65. The molecule has 3 N–H and O–H groups in total. The first kappa shape index (κ1) is 11.6. The topological polar surface area (TPSA) is 55.1 Å². The summed E-state index contributed by atoms with van der Waals surface area (Å²) >= 11 is 1.48. The molecule has 1 aromatic carbocycles.